The van der Waals surface area contributed by atoms with Crippen molar-refractivity contribution >= 4 is 23.3 Å². The number of hydrogen-bond acceptors (Lipinski definition) is 4. The predicted molar refractivity (Wildman–Crippen MR) is 56.6 cm³/mol. The highest BCUT2D eigenvalue weighted by Gasteiger charge is 2.04. The molecule has 0 saturated heterocycles. The summed E-state index contributed by atoms with van der Waals surface area (Å²) in [6, 6.07) is 8.81. The van der Waals surface area contributed by atoms with E-state index in [0.717, 1.165) is 0 Å². The number of carbonyl (C=O) groups excluding carboxylic acids is 1. The Kier molecular flexibility index (Phi) is 4.55. The van der Waals surface area contributed by atoms with Gasteiger partial charge in [-0.2, -0.15) is 0 Å². The molecule has 0 aromatic heterocycles. The van der Waals surface area contributed by atoms with E-state index in [1.807, 2.05) is 6.07 Å². The first-order chi connectivity index (χ1) is 6.84. The number of esters is 1. The molecule has 0 heterocycles. The topological polar surface area (TPSA) is 38.7 Å². The van der Waals surface area contributed by atoms with E-state index < -0.39 is 0 Å². The second-order valence-electron chi connectivity index (χ2n) is 2.47. The SMILES string of the molecule is O=C(OCCN=C=S)c1ccccc1. The van der Waals surface area contributed by atoms with E-state index in [0.29, 0.717) is 12.1 Å². The lowest BCUT2D eigenvalue weighted by atomic mass is 10.2. The first-order valence-electron chi connectivity index (χ1n) is 4.10. The monoisotopic (exact) mass is 207 g/mol. The standard InChI is InChI=1S/C10H9NO2S/c12-10(13-7-6-11-8-14)9-4-2-1-3-5-9/h1-5H,6-7H2. The van der Waals surface area contributed by atoms with Gasteiger partial charge in [0.25, 0.3) is 0 Å². The molecule has 1 aromatic rings. The normalized spacial score (nSPS) is 8.86. The van der Waals surface area contributed by atoms with Gasteiger partial charge in [-0.3, -0.25) is 0 Å². The molecule has 0 bridgehead atoms. The minimum atomic E-state index is -0.342. The largest absolute Gasteiger partial charge is 0.460 e. The molecule has 1 rings (SSSR count). The van der Waals surface area contributed by atoms with Crippen LogP contribution >= 0.6 is 12.2 Å². The van der Waals surface area contributed by atoms with E-state index in [4.69, 9.17) is 4.74 Å². The van der Waals surface area contributed by atoms with Crippen LogP contribution in [0.4, 0.5) is 0 Å². The van der Waals surface area contributed by atoms with Gasteiger partial charge in [-0.05, 0) is 24.4 Å². The number of ether oxygens (including phenoxy) is 1. The van der Waals surface area contributed by atoms with Gasteiger partial charge in [-0.1, -0.05) is 18.2 Å². The summed E-state index contributed by atoms with van der Waals surface area (Å²) in [4.78, 5) is 14.9. The van der Waals surface area contributed by atoms with Gasteiger partial charge < -0.3 is 4.74 Å². The van der Waals surface area contributed by atoms with Crippen LogP contribution in [0.3, 0.4) is 0 Å². The van der Waals surface area contributed by atoms with Crippen LogP contribution < -0.4 is 0 Å². The average Bonchev–Trinajstić information content (AvgIpc) is 2.25. The van der Waals surface area contributed by atoms with Gasteiger partial charge in [0.05, 0.1) is 17.3 Å². The summed E-state index contributed by atoms with van der Waals surface area (Å²) >= 11 is 4.37. The Hall–Kier alpha value is -1.51. The van der Waals surface area contributed by atoms with E-state index >= 15 is 0 Å². The highest BCUT2D eigenvalue weighted by Crippen LogP contribution is 2.00. The molecule has 3 nitrogen and oxygen atoms in total. The zero-order valence-corrected chi connectivity index (χ0v) is 8.29. The summed E-state index contributed by atoms with van der Waals surface area (Å²) in [5.74, 6) is -0.342. The smallest absolute Gasteiger partial charge is 0.338 e. The van der Waals surface area contributed by atoms with Crippen molar-refractivity contribution in [2.75, 3.05) is 13.2 Å². The van der Waals surface area contributed by atoms with Crippen LogP contribution in [0.15, 0.2) is 35.3 Å². The van der Waals surface area contributed by atoms with Crippen molar-refractivity contribution in [3.05, 3.63) is 35.9 Å². The van der Waals surface area contributed by atoms with Gasteiger partial charge in [0.15, 0.2) is 0 Å². The molecule has 1 aromatic carbocycles. The Morgan fingerprint density at radius 1 is 1.43 bits per heavy atom. The molecule has 0 amide bonds. The van der Waals surface area contributed by atoms with Crippen molar-refractivity contribution in [3.63, 3.8) is 0 Å². The lowest BCUT2D eigenvalue weighted by molar-refractivity contribution is 0.0517. The highest BCUT2D eigenvalue weighted by atomic mass is 32.1. The zero-order chi connectivity index (χ0) is 10.2. The third-order valence-corrected chi connectivity index (χ3v) is 1.64. The molecule has 72 valence electrons. The Morgan fingerprint density at radius 2 is 2.14 bits per heavy atom. The molecule has 4 heteroatoms. The van der Waals surface area contributed by atoms with E-state index in [-0.39, 0.29) is 12.6 Å². The molecular weight excluding hydrogens is 198 g/mol. The highest BCUT2D eigenvalue weighted by molar-refractivity contribution is 7.78. The van der Waals surface area contributed by atoms with Crippen molar-refractivity contribution < 1.29 is 9.53 Å². The van der Waals surface area contributed by atoms with E-state index in [9.17, 15) is 4.79 Å². The lowest BCUT2D eigenvalue weighted by Gasteiger charge is -2.01. The number of aliphatic imine (C=N–C) groups is 1. The van der Waals surface area contributed by atoms with Crippen LogP contribution in [0.2, 0.25) is 0 Å². The summed E-state index contributed by atoms with van der Waals surface area (Å²) in [7, 11) is 0. The fourth-order valence-electron chi connectivity index (χ4n) is 0.887. The van der Waals surface area contributed by atoms with Crippen molar-refractivity contribution in [2.45, 2.75) is 0 Å². The van der Waals surface area contributed by atoms with Gasteiger partial charge in [0, 0.05) is 0 Å². The average molecular weight is 207 g/mol. The molecule has 0 aliphatic rings. The molecule has 0 N–H and O–H groups in total. The second kappa shape index (κ2) is 6.02. The van der Waals surface area contributed by atoms with Crippen molar-refractivity contribution in [2.24, 2.45) is 4.99 Å². The second-order valence-corrected chi connectivity index (χ2v) is 2.66. The minimum Gasteiger partial charge on any atom is -0.460 e. The molecule has 0 radical (unpaired) electrons. The Morgan fingerprint density at radius 3 is 2.79 bits per heavy atom. The molecule has 0 aliphatic heterocycles. The quantitative estimate of drug-likeness (QED) is 0.328. The fraction of sp³-hybridized carbons (Fsp3) is 0.200. The number of thiocarbonyl (C=S) groups is 1. The maximum Gasteiger partial charge on any atom is 0.338 e. The van der Waals surface area contributed by atoms with E-state index in [1.165, 1.54) is 0 Å². The Labute approximate surface area is 87.4 Å². The molecule has 0 atom stereocenters. The molecule has 0 saturated carbocycles. The van der Waals surface area contributed by atoms with Gasteiger partial charge >= 0.3 is 5.97 Å². The van der Waals surface area contributed by atoms with Crippen molar-refractivity contribution in [3.8, 4) is 0 Å². The number of benzene rings is 1. The van der Waals surface area contributed by atoms with Crippen LogP contribution in [-0.4, -0.2) is 24.3 Å². The fourth-order valence-corrected chi connectivity index (χ4v) is 0.978. The Balaban J connectivity index is 2.40. The summed E-state index contributed by atoms with van der Waals surface area (Å²) in [5, 5.41) is 2.20. The molecule has 14 heavy (non-hydrogen) atoms. The van der Waals surface area contributed by atoms with E-state index in [1.54, 1.807) is 24.3 Å². The summed E-state index contributed by atoms with van der Waals surface area (Å²) in [6.07, 6.45) is 0. The van der Waals surface area contributed by atoms with Crippen molar-refractivity contribution in [1.29, 1.82) is 0 Å². The van der Waals surface area contributed by atoms with Crippen molar-refractivity contribution in [1.82, 2.24) is 0 Å². The zero-order valence-electron chi connectivity index (χ0n) is 7.47. The first kappa shape index (κ1) is 10.6. The van der Waals surface area contributed by atoms with E-state index in [2.05, 4.69) is 22.4 Å². The molecule has 0 aliphatic carbocycles. The van der Waals surface area contributed by atoms with Gasteiger partial charge in [0.1, 0.15) is 6.61 Å². The minimum absolute atomic E-state index is 0.233. The van der Waals surface area contributed by atoms with Crippen LogP contribution in [0.1, 0.15) is 10.4 Å². The summed E-state index contributed by atoms with van der Waals surface area (Å²) in [6.45, 7) is 0.597. The number of nitrogens with zero attached hydrogens (tertiary/aromatic N) is 1. The molecule has 0 unspecified atom stereocenters. The first-order valence-corrected chi connectivity index (χ1v) is 4.51. The third kappa shape index (κ3) is 3.47. The maximum atomic E-state index is 11.3. The van der Waals surface area contributed by atoms with Gasteiger partial charge in [-0.15, -0.1) is 0 Å². The lowest BCUT2D eigenvalue weighted by Crippen LogP contribution is -2.07. The molecular formula is C10H9NO2S. The molecule has 0 spiro atoms. The predicted octanol–water partition coefficient (Wildman–Crippen LogP) is 1.95. The Bertz CT molecular complexity index is 344. The van der Waals surface area contributed by atoms with Crippen LogP contribution in [0.5, 0.6) is 0 Å². The van der Waals surface area contributed by atoms with Crippen LogP contribution in [0.25, 0.3) is 0 Å². The number of isothiocyanates is 1. The van der Waals surface area contributed by atoms with Crippen LogP contribution in [-0.2, 0) is 4.74 Å². The van der Waals surface area contributed by atoms with Crippen LogP contribution in [0, 0.1) is 0 Å². The van der Waals surface area contributed by atoms with Gasteiger partial charge in [-0.25, -0.2) is 9.79 Å². The number of carbonyl (C=O) groups is 1. The summed E-state index contributed by atoms with van der Waals surface area (Å²) in [5.41, 5.74) is 0.541. The third-order valence-electron chi connectivity index (χ3n) is 1.51. The summed E-state index contributed by atoms with van der Waals surface area (Å²) < 4.78 is 4.91. The molecule has 0 fully saturated rings. The number of rotatable bonds is 4. The number of hydrogen-bond donors (Lipinski definition) is 0. The van der Waals surface area contributed by atoms with Gasteiger partial charge in [0.2, 0.25) is 0 Å². The maximum absolute atomic E-state index is 11.3.